The van der Waals surface area contributed by atoms with E-state index in [4.69, 9.17) is 18.9 Å². The molecular weight excluding hydrogens is 548 g/mol. The largest absolute Gasteiger partial charge is 0.457 e. The van der Waals surface area contributed by atoms with Crippen molar-refractivity contribution in [2.24, 2.45) is 5.92 Å². The van der Waals surface area contributed by atoms with E-state index >= 15 is 0 Å². The third kappa shape index (κ3) is 10.5. The van der Waals surface area contributed by atoms with E-state index in [9.17, 15) is 35.4 Å². The van der Waals surface area contributed by atoms with E-state index in [-0.39, 0.29) is 25.6 Å². The molecule has 1 saturated heterocycles. The van der Waals surface area contributed by atoms with E-state index in [1.54, 1.807) is 0 Å². The zero-order chi connectivity index (χ0) is 30.5. The van der Waals surface area contributed by atoms with Crippen molar-refractivity contribution in [3.8, 4) is 0 Å². The van der Waals surface area contributed by atoms with Gasteiger partial charge in [0.15, 0.2) is 12.4 Å². The van der Waals surface area contributed by atoms with E-state index in [1.165, 1.54) is 0 Å². The Hall–Kier alpha value is -1.15. The maximum Gasteiger partial charge on any atom is 0.306 e. The molecule has 4 aliphatic rings. The summed E-state index contributed by atoms with van der Waals surface area (Å²) in [6, 6.07) is 0. The molecule has 11 heteroatoms. The molecule has 0 amide bonds. The van der Waals surface area contributed by atoms with Crippen LogP contribution in [0.1, 0.15) is 96.8 Å². The smallest absolute Gasteiger partial charge is 0.306 e. The van der Waals surface area contributed by atoms with Crippen LogP contribution < -0.4 is 0 Å². The Morgan fingerprint density at radius 3 is 2.00 bits per heavy atom. The summed E-state index contributed by atoms with van der Waals surface area (Å²) in [4.78, 5) is 12.5. The zero-order valence-electron chi connectivity index (χ0n) is 25.0. The molecule has 2 fully saturated rings. The van der Waals surface area contributed by atoms with Gasteiger partial charge in [-0.15, -0.1) is 0 Å². The lowest BCUT2D eigenvalue weighted by molar-refractivity contribution is -0.336. The number of ether oxygens (including phenoxy) is 4. The van der Waals surface area contributed by atoms with Crippen LogP contribution in [-0.2, 0) is 23.7 Å². The van der Waals surface area contributed by atoms with E-state index < -0.39 is 73.6 Å². The summed E-state index contributed by atoms with van der Waals surface area (Å²) in [5.74, 6) is -1.19. The lowest BCUT2D eigenvalue weighted by atomic mass is 9.80. The van der Waals surface area contributed by atoms with Crippen LogP contribution in [0.15, 0.2) is 12.2 Å². The minimum atomic E-state index is -1.67. The highest BCUT2D eigenvalue weighted by molar-refractivity contribution is 5.69. The number of carbonyl (C=O) groups excluding carboxylic acids is 1. The number of hydrogen-bond donors (Lipinski definition) is 6. The second-order valence-corrected chi connectivity index (χ2v) is 12.2. The average Bonchev–Trinajstić information content (AvgIpc) is 2.97. The van der Waals surface area contributed by atoms with Crippen molar-refractivity contribution in [1.29, 1.82) is 0 Å². The highest BCUT2D eigenvalue weighted by Gasteiger charge is 2.51. The average molecular weight is 603 g/mol. The Labute approximate surface area is 249 Å². The summed E-state index contributed by atoms with van der Waals surface area (Å²) in [5, 5.41) is 63.0. The molecule has 0 aromatic carbocycles. The molecule has 0 aromatic rings. The normalized spacial score (nSPS) is 41.9. The predicted molar refractivity (Wildman–Crippen MR) is 153 cm³/mol. The summed E-state index contributed by atoms with van der Waals surface area (Å²) < 4.78 is 23.4. The first-order valence-electron chi connectivity index (χ1n) is 16.0. The highest BCUT2D eigenvalue weighted by Crippen LogP contribution is 2.34. The number of fused-ring (bicyclic) bond motifs is 19. The molecule has 4 unspecified atom stereocenters. The van der Waals surface area contributed by atoms with Crippen LogP contribution in [0.25, 0.3) is 0 Å². The summed E-state index contributed by atoms with van der Waals surface area (Å²) >= 11 is 0. The van der Waals surface area contributed by atoms with Gasteiger partial charge in [0.05, 0.1) is 24.9 Å². The van der Waals surface area contributed by atoms with Crippen molar-refractivity contribution < 1.29 is 54.4 Å². The van der Waals surface area contributed by atoms with E-state index in [0.717, 1.165) is 70.6 Å². The number of carbonyl (C=O) groups is 1. The molecule has 0 aromatic heterocycles. The van der Waals surface area contributed by atoms with Crippen molar-refractivity contribution in [2.45, 2.75) is 158 Å². The molecule has 0 radical (unpaired) electrons. The number of esters is 1. The van der Waals surface area contributed by atoms with Crippen LogP contribution in [0.5, 0.6) is 0 Å². The molecule has 3 aliphatic heterocycles. The zero-order valence-corrected chi connectivity index (χ0v) is 25.0. The minimum absolute atomic E-state index is 0.146. The van der Waals surface area contributed by atoms with Crippen molar-refractivity contribution in [3.05, 3.63) is 12.2 Å². The number of allylic oxidation sites excluding steroid dienone is 2. The third-order valence-corrected chi connectivity index (χ3v) is 8.74. The molecule has 3 heterocycles. The van der Waals surface area contributed by atoms with Crippen LogP contribution in [0.2, 0.25) is 0 Å². The van der Waals surface area contributed by atoms with Gasteiger partial charge in [-0.25, -0.2) is 0 Å². The number of aliphatic hydroxyl groups is 6. The first-order chi connectivity index (χ1) is 20.3. The molecule has 4 rings (SSSR count). The van der Waals surface area contributed by atoms with Gasteiger partial charge < -0.3 is 49.6 Å². The Bertz CT molecular complexity index is 793. The monoisotopic (exact) mass is 602 g/mol. The number of hydrogen-bond acceptors (Lipinski definition) is 11. The first kappa shape index (κ1) is 35.3. The quantitative estimate of drug-likeness (QED) is 0.201. The van der Waals surface area contributed by atoms with Gasteiger partial charge in [-0.1, -0.05) is 50.7 Å². The maximum atomic E-state index is 12.5. The van der Waals surface area contributed by atoms with Gasteiger partial charge in [0.25, 0.3) is 0 Å². The Morgan fingerprint density at radius 1 is 0.714 bits per heavy atom. The van der Waals surface area contributed by atoms with E-state index in [0.29, 0.717) is 6.42 Å². The molecule has 1 saturated carbocycles. The van der Waals surface area contributed by atoms with Crippen LogP contribution in [0.3, 0.4) is 0 Å². The van der Waals surface area contributed by atoms with Gasteiger partial charge in [0.1, 0.15) is 30.5 Å². The summed E-state index contributed by atoms with van der Waals surface area (Å²) in [6.07, 6.45) is 4.61. The van der Waals surface area contributed by atoms with Crippen LogP contribution in [0, 0.1) is 5.92 Å². The van der Waals surface area contributed by atoms with Crippen LogP contribution >= 0.6 is 0 Å². The van der Waals surface area contributed by atoms with Crippen LogP contribution in [-0.4, -0.2) is 111 Å². The molecular formula is C31H54O11. The second kappa shape index (κ2) is 18.6. The Kier molecular flexibility index (Phi) is 15.7. The summed E-state index contributed by atoms with van der Waals surface area (Å²) in [5.41, 5.74) is 0. The molecule has 1 aliphatic carbocycles. The minimum Gasteiger partial charge on any atom is -0.457 e. The summed E-state index contributed by atoms with van der Waals surface area (Å²) in [7, 11) is 0. The van der Waals surface area contributed by atoms with Gasteiger partial charge in [-0.2, -0.15) is 0 Å². The number of aliphatic hydroxyl groups excluding tert-OH is 6. The summed E-state index contributed by atoms with van der Waals surface area (Å²) in [6.45, 7) is 0.959. The number of rotatable bonds is 2. The van der Waals surface area contributed by atoms with E-state index in [2.05, 4.69) is 12.2 Å². The molecule has 0 spiro atoms. The molecule has 42 heavy (non-hydrogen) atoms. The fourth-order valence-electron chi connectivity index (χ4n) is 6.14. The fraction of sp³-hybridized carbons (Fsp3) is 0.903. The maximum absolute atomic E-state index is 12.5. The van der Waals surface area contributed by atoms with E-state index in [1.807, 2.05) is 6.92 Å². The van der Waals surface area contributed by atoms with Gasteiger partial charge >= 0.3 is 5.97 Å². The first-order valence-corrected chi connectivity index (χ1v) is 16.0. The van der Waals surface area contributed by atoms with Crippen molar-refractivity contribution in [1.82, 2.24) is 0 Å². The topological polar surface area (TPSA) is 175 Å². The van der Waals surface area contributed by atoms with Crippen LogP contribution in [0.4, 0.5) is 0 Å². The standard InChI is InChI=1S/C31H54O11/c1-20-15-13-11-9-7-5-3-2-4-6-8-10-12-14-16-24(34)41-30-23(19-33)40-31(28(38)27(30)37)42-29-22(39-20)17-21(18-32)25(35)26(29)36/h2-3,20-23,25-33,35-38H,4-19H2,1H3/b3-2-/t20?,21-,22?,23-,25-,26+,27-,28-,29?,30-,31?/m1/s1. The molecule has 11 nitrogen and oxygen atoms in total. The van der Waals surface area contributed by atoms with Gasteiger partial charge in [0, 0.05) is 18.9 Å². The third-order valence-electron chi connectivity index (χ3n) is 8.74. The van der Waals surface area contributed by atoms with Gasteiger partial charge in [0.2, 0.25) is 0 Å². The van der Waals surface area contributed by atoms with Crippen molar-refractivity contribution in [2.75, 3.05) is 13.2 Å². The molecule has 11 atom stereocenters. The second-order valence-electron chi connectivity index (χ2n) is 12.2. The van der Waals surface area contributed by atoms with Gasteiger partial charge in [-0.3, -0.25) is 4.79 Å². The molecule has 2 bridgehead atoms. The van der Waals surface area contributed by atoms with Gasteiger partial charge in [-0.05, 0) is 51.9 Å². The predicted octanol–water partition coefficient (Wildman–Crippen LogP) is 1.87. The Balaban J connectivity index is 1.72. The lowest BCUT2D eigenvalue weighted by Gasteiger charge is -2.47. The SMILES string of the molecule is CC1CCCCCC/C=C\CCCCCCCC(=O)O[C@H]2[C@H](O)[C@@H](O)C(OC3C(C[C@H](CO)[C@@H](O)[C@@H]3O)O1)O[C@@H]2CO. The van der Waals surface area contributed by atoms with Crippen molar-refractivity contribution >= 4 is 5.97 Å². The molecule has 6 N–H and O–H groups in total. The van der Waals surface area contributed by atoms with Crippen molar-refractivity contribution in [3.63, 3.8) is 0 Å². The Morgan fingerprint density at radius 2 is 1.33 bits per heavy atom. The lowest BCUT2D eigenvalue weighted by Crippen LogP contribution is -2.64. The fourth-order valence-corrected chi connectivity index (χ4v) is 6.14. The molecule has 244 valence electrons. The highest BCUT2D eigenvalue weighted by atomic mass is 16.7.